The first kappa shape index (κ1) is 11.5. The number of aromatic nitrogens is 1. The molecule has 80 valence electrons. The molecule has 0 saturated heterocycles. The van der Waals surface area contributed by atoms with Crippen molar-refractivity contribution < 1.29 is 4.74 Å². The van der Waals surface area contributed by atoms with Crippen LogP contribution in [0.4, 0.5) is 0 Å². The molecule has 0 amide bonds. The third-order valence-electron chi connectivity index (χ3n) is 2.13. The van der Waals surface area contributed by atoms with Gasteiger partial charge < -0.3 is 9.72 Å². The van der Waals surface area contributed by atoms with E-state index in [0.29, 0.717) is 18.8 Å². The topological polar surface area (TPSA) is 65.9 Å². The summed E-state index contributed by atoms with van der Waals surface area (Å²) < 4.78 is 5.21. The molecule has 0 aliphatic rings. The van der Waals surface area contributed by atoms with Crippen molar-refractivity contribution >= 4 is 0 Å². The first-order valence-electron chi connectivity index (χ1n) is 4.95. The Morgan fingerprint density at radius 3 is 2.80 bits per heavy atom. The normalized spacial score (nSPS) is 9.93. The number of nitrogens with zero attached hydrogens (tertiary/aromatic N) is 1. The van der Waals surface area contributed by atoms with Gasteiger partial charge in [0.05, 0.1) is 6.61 Å². The lowest BCUT2D eigenvalue weighted by Crippen LogP contribution is -2.16. The van der Waals surface area contributed by atoms with E-state index in [1.54, 1.807) is 0 Å². The summed E-state index contributed by atoms with van der Waals surface area (Å²) in [7, 11) is 0. The lowest BCUT2D eigenvalue weighted by atomic mass is 10.1. The van der Waals surface area contributed by atoms with Crippen molar-refractivity contribution in [3.05, 3.63) is 33.2 Å². The number of nitrogens with one attached hydrogen (secondary N) is 1. The Morgan fingerprint density at radius 2 is 2.27 bits per heavy atom. The quantitative estimate of drug-likeness (QED) is 0.808. The minimum Gasteiger partial charge on any atom is -0.377 e. The molecule has 4 nitrogen and oxygen atoms in total. The van der Waals surface area contributed by atoms with E-state index in [1.165, 1.54) is 0 Å². The predicted octanol–water partition coefficient (Wildman–Crippen LogP) is 1.35. The van der Waals surface area contributed by atoms with E-state index < -0.39 is 0 Å². The summed E-state index contributed by atoms with van der Waals surface area (Å²) >= 11 is 0. The molecule has 1 aromatic heterocycles. The average molecular weight is 206 g/mol. The number of pyridine rings is 1. The summed E-state index contributed by atoms with van der Waals surface area (Å²) in [5.41, 5.74) is 1.32. The van der Waals surface area contributed by atoms with Gasteiger partial charge in [-0.15, -0.1) is 0 Å². The molecular weight excluding hydrogens is 192 g/mol. The zero-order chi connectivity index (χ0) is 11.3. The molecule has 0 aliphatic heterocycles. The van der Waals surface area contributed by atoms with Crippen LogP contribution in [-0.2, 0) is 17.8 Å². The van der Waals surface area contributed by atoms with Crippen molar-refractivity contribution in [3.8, 4) is 6.07 Å². The molecule has 0 aliphatic carbocycles. The molecule has 0 fully saturated rings. The van der Waals surface area contributed by atoms with Gasteiger partial charge in [0.15, 0.2) is 0 Å². The number of nitriles is 1. The summed E-state index contributed by atoms with van der Waals surface area (Å²) in [5, 5.41) is 8.84. The maximum absolute atomic E-state index is 11.5. The molecule has 15 heavy (non-hydrogen) atoms. The second-order valence-corrected chi connectivity index (χ2v) is 3.13. The van der Waals surface area contributed by atoms with Crippen LogP contribution in [0, 0.1) is 11.3 Å². The van der Waals surface area contributed by atoms with Crippen molar-refractivity contribution in [3.63, 3.8) is 0 Å². The molecule has 1 aromatic rings. The van der Waals surface area contributed by atoms with Gasteiger partial charge in [-0.1, -0.05) is 6.92 Å². The molecule has 1 rings (SSSR count). The second kappa shape index (κ2) is 5.32. The number of aromatic amines is 1. The van der Waals surface area contributed by atoms with Crippen LogP contribution in [0.2, 0.25) is 0 Å². The van der Waals surface area contributed by atoms with Crippen molar-refractivity contribution in [2.24, 2.45) is 0 Å². The fraction of sp³-hybridized carbons (Fsp3) is 0.455. The van der Waals surface area contributed by atoms with E-state index in [-0.39, 0.29) is 11.1 Å². The van der Waals surface area contributed by atoms with Gasteiger partial charge in [0.2, 0.25) is 0 Å². The van der Waals surface area contributed by atoms with E-state index in [0.717, 1.165) is 12.1 Å². The molecule has 0 radical (unpaired) electrons. The first-order chi connectivity index (χ1) is 7.22. The Balaban J connectivity index is 3.15. The van der Waals surface area contributed by atoms with Gasteiger partial charge in [-0.05, 0) is 19.4 Å². The Morgan fingerprint density at radius 1 is 1.53 bits per heavy atom. The Bertz CT molecular complexity index is 429. The van der Waals surface area contributed by atoms with E-state index >= 15 is 0 Å². The number of ether oxygens (including phenoxy) is 1. The Labute approximate surface area is 88.5 Å². The van der Waals surface area contributed by atoms with Crippen LogP contribution in [0.15, 0.2) is 10.9 Å². The van der Waals surface area contributed by atoms with Gasteiger partial charge in [-0.25, -0.2) is 0 Å². The highest BCUT2D eigenvalue weighted by Gasteiger charge is 2.08. The number of hydrogen-bond acceptors (Lipinski definition) is 3. The highest BCUT2D eigenvalue weighted by atomic mass is 16.5. The summed E-state index contributed by atoms with van der Waals surface area (Å²) in [6.45, 7) is 4.71. The van der Waals surface area contributed by atoms with E-state index in [4.69, 9.17) is 10.00 Å². The minimum atomic E-state index is -0.327. The van der Waals surface area contributed by atoms with Crippen LogP contribution < -0.4 is 5.56 Å². The third kappa shape index (κ3) is 2.67. The largest absolute Gasteiger partial charge is 0.377 e. The lowest BCUT2D eigenvalue weighted by molar-refractivity contribution is 0.133. The first-order valence-corrected chi connectivity index (χ1v) is 4.95. The van der Waals surface area contributed by atoms with Crippen molar-refractivity contribution in [1.82, 2.24) is 4.98 Å². The number of rotatable bonds is 4. The van der Waals surface area contributed by atoms with Crippen LogP contribution in [-0.4, -0.2) is 11.6 Å². The Kier molecular flexibility index (Phi) is 4.07. The zero-order valence-electron chi connectivity index (χ0n) is 8.96. The van der Waals surface area contributed by atoms with Gasteiger partial charge in [0.1, 0.15) is 11.6 Å². The summed E-state index contributed by atoms with van der Waals surface area (Å²) in [6, 6.07) is 3.72. The number of H-pyrrole nitrogens is 1. The van der Waals surface area contributed by atoms with Gasteiger partial charge in [-0.2, -0.15) is 5.26 Å². The molecule has 0 aromatic carbocycles. The van der Waals surface area contributed by atoms with Crippen molar-refractivity contribution in [2.45, 2.75) is 26.9 Å². The van der Waals surface area contributed by atoms with Gasteiger partial charge in [0, 0.05) is 17.9 Å². The molecule has 0 bridgehead atoms. The van der Waals surface area contributed by atoms with Crippen molar-refractivity contribution in [1.29, 1.82) is 5.26 Å². The fourth-order valence-electron chi connectivity index (χ4n) is 1.31. The predicted molar refractivity (Wildman–Crippen MR) is 56.5 cm³/mol. The summed E-state index contributed by atoms with van der Waals surface area (Å²) in [5.74, 6) is 0. The Hall–Kier alpha value is -1.60. The number of aryl methyl sites for hydroxylation is 1. The monoisotopic (exact) mass is 206 g/mol. The van der Waals surface area contributed by atoms with E-state index in [9.17, 15) is 4.79 Å². The van der Waals surface area contributed by atoms with E-state index in [1.807, 2.05) is 26.0 Å². The zero-order valence-corrected chi connectivity index (χ0v) is 8.96. The molecule has 1 heterocycles. The average Bonchev–Trinajstić information content (AvgIpc) is 2.25. The van der Waals surface area contributed by atoms with E-state index in [2.05, 4.69) is 4.98 Å². The molecule has 0 unspecified atom stereocenters. The maximum Gasteiger partial charge on any atom is 0.266 e. The number of hydrogen-bond donors (Lipinski definition) is 1. The van der Waals surface area contributed by atoms with Crippen LogP contribution in [0.25, 0.3) is 0 Å². The second-order valence-electron chi connectivity index (χ2n) is 3.13. The summed E-state index contributed by atoms with van der Waals surface area (Å²) in [4.78, 5) is 14.1. The van der Waals surface area contributed by atoms with Crippen LogP contribution >= 0.6 is 0 Å². The SMILES string of the molecule is CCOCc1cc(CC)[nH]c(=O)c1C#N. The van der Waals surface area contributed by atoms with Gasteiger partial charge in [0.25, 0.3) is 5.56 Å². The standard InChI is InChI=1S/C11H14N2O2/c1-3-9-5-8(7-15-4-2)10(6-12)11(14)13-9/h5H,3-4,7H2,1-2H3,(H,13,14). The van der Waals surface area contributed by atoms with Crippen LogP contribution in [0.3, 0.4) is 0 Å². The smallest absolute Gasteiger partial charge is 0.266 e. The van der Waals surface area contributed by atoms with Crippen LogP contribution in [0.1, 0.15) is 30.7 Å². The van der Waals surface area contributed by atoms with Crippen molar-refractivity contribution in [2.75, 3.05) is 6.61 Å². The molecule has 0 spiro atoms. The van der Waals surface area contributed by atoms with Gasteiger partial charge >= 0.3 is 0 Å². The highest BCUT2D eigenvalue weighted by Crippen LogP contribution is 2.07. The fourth-order valence-corrected chi connectivity index (χ4v) is 1.31. The molecule has 0 atom stereocenters. The highest BCUT2D eigenvalue weighted by molar-refractivity contribution is 5.36. The van der Waals surface area contributed by atoms with Crippen LogP contribution in [0.5, 0.6) is 0 Å². The molecule has 0 saturated carbocycles. The molecule has 1 N–H and O–H groups in total. The molecular formula is C11H14N2O2. The third-order valence-corrected chi connectivity index (χ3v) is 2.13. The molecule has 4 heteroatoms. The summed E-state index contributed by atoms with van der Waals surface area (Å²) in [6.07, 6.45) is 0.736. The van der Waals surface area contributed by atoms with Gasteiger partial charge in [-0.3, -0.25) is 4.79 Å². The minimum absolute atomic E-state index is 0.153. The maximum atomic E-state index is 11.5. The lowest BCUT2D eigenvalue weighted by Gasteiger charge is -2.05.